The Morgan fingerprint density at radius 1 is 1.24 bits per heavy atom. The molecule has 1 aromatic carbocycles. The van der Waals surface area contributed by atoms with Crippen molar-refractivity contribution in [2.45, 2.75) is 20.3 Å². The molecular formula is C14H16F2N2O3. The summed E-state index contributed by atoms with van der Waals surface area (Å²) >= 11 is 0. The number of hydrogen-bond donors (Lipinski definition) is 0. The Hall–Kier alpha value is -2.05. The van der Waals surface area contributed by atoms with Gasteiger partial charge in [0.2, 0.25) is 0 Å². The molecular weight excluding hydrogens is 282 g/mol. The van der Waals surface area contributed by atoms with Crippen LogP contribution in [-0.2, 0) is 0 Å². The zero-order chi connectivity index (χ0) is 15.7. The van der Waals surface area contributed by atoms with Gasteiger partial charge in [0.05, 0.1) is 11.0 Å². The van der Waals surface area contributed by atoms with Crippen molar-refractivity contribution in [3.63, 3.8) is 0 Å². The minimum absolute atomic E-state index is 0.266. The first-order chi connectivity index (χ1) is 9.79. The van der Waals surface area contributed by atoms with Gasteiger partial charge in [-0.15, -0.1) is 0 Å². The summed E-state index contributed by atoms with van der Waals surface area (Å²) in [5.74, 6) is -2.69. The van der Waals surface area contributed by atoms with E-state index in [2.05, 4.69) is 0 Å². The van der Waals surface area contributed by atoms with E-state index in [-0.39, 0.29) is 11.8 Å². The number of hydrogen-bond acceptors (Lipinski definition) is 3. The topological polar surface area (TPSA) is 63.5 Å². The Bertz CT molecular complexity index is 582. The van der Waals surface area contributed by atoms with Crippen LogP contribution in [0.15, 0.2) is 12.1 Å². The minimum Gasteiger partial charge on any atom is -0.338 e. The first kappa shape index (κ1) is 15.3. The fraction of sp³-hybridized carbons (Fsp3) is 0.500. The highest BCUT2D eigenvalue weighted by Crippen LogP contribution is 2.27. The molecule has 1 heterocycles. The van der Waals surface area contributed by atoms with E-state index in [1.807, 2.05) is 13.8 Å². The largest absolute Gasteiger partial charge is 0.338 e. The normalized spacial score (nSPS) is 22.2. The van der Waals surface area contributed by atoms with Crippen LogP contribution in [0.3, 0.4) is 0 Å². The first-order valence-electron chi connectivity index (χ1n) is 6.72. The number of nitro groups is 1. The number of nitrogens with zero attached hydrogens (tertiary/aromatic N) is 2. The molecule has 5 nitrogen and oxygen atoms in total. The number of carbonyl (C=O) groups excluding carboxylic acids is 1. The summed E-state index contributed by atoms with van der Waals surface area (Å²) in [4.78, 5) is 24.0. The minimum atomic E-state index is -1.33. The molecule has 2 rings (SSSR count). The summed E-state index contributed by atoms with van der Waals surface area (Å²) in [7, 11) is 0. The number of likely N-dealkylation sites (tertiary alicyclic amines) is 1. The molecule has 1 aromatic rings. The molecule has 21 heavy (non-hydrogen) atoms. The van der Waals surface area contributed by atoms with Crippen molar-refractivity contribution in [3.05, 3.63) is 39.4 Å². The van der Waals surface area contributed by atoms with Crippen molar-refractivity contribution in [1.82, 2.24) is 4.90 Å². The van der Waals surface area contributed by atoms with Crippen LogP contribution in [0, 0.1) is 33.6 Å². The molecule has 2 atom stereocenters. The maximum Gasteiger partial charge on any atom is 0.285 e. The summed E-state index contributed by atoms with van der Waals surface area (Å²) in [5, 5.41) is 10.9. The lowest BCUT2D eigenvalue weighted by Crippen LogP contribution is -2.42. The Labute approximate surface area is 120 Å². The zero-order valence-electron chi connectivity index (χ0n) is 11.8. The number of nitro benzene ring substituents is 1. The van der Waals surface area contributed by atoms with Crippen LogP contribution in [0.2, 0.25) is 0 Å². The summed E-state index contributed by atoms with van der Waals surface area (Å²) in [6.07, 6.45) is 0.962. The number of rotatable bonds is 2. The monoisotopic (exact) mass is 298 g/mol. The van der Waals surface area contributed by atoms with Crippen LogP contribution in [-0.4, -0.2) is 28.8 Å². The second-order valence-corrected chi connectivity index (χ2v) is 5.70. The second-order valence-electron chi connectivity index (χ2n) is 5.70. The van der Waals surface area contributed by atoms with Gasteiger partial charge < -0.3 is 4.90 Å². The van der Waals surface area contributed by atoms with Crippen LogP contribution in [0.1, 0.15) is 30.6 Å². The molecule has 1 amide bonds. The van der Waals surface area contributed by atoms with Crippen LogP contribution in [0.4, 0.5) is 14.5 Å². The van der Waals surface area contributed by atoms with Crippen LogP contribution < -0.4 is 0 Å². The summed E-state index contributed by atoms with van der Waals surface area (Å²) < 4.78 is 26.5. The van der Waals surface area contributed by atoms with Crippen molar-refractivity contribution in [3.8, 4) is 0 Å². The molecule has 7 heteroatoms. The van der Waals surface area contributed by atoms with E-state index in [0.717, 1.165) is 6.42 Å². The maximum absolute atomic E-state index is 13.3. The molecule has 0 saturated carbocycles. The molecule has 0 N–H and O–H groups in total. The number of amides is 1. The van der Waals surface area contributed by atoms with Crippen molar-refractivity contribution < 1.29 is 18.5 Å². The lowest BCUT2D eigenvalue weighted by molar-refractivity contribution is -0.385. The lowest BCUT2D eigenvalue weighted by atomic mass is 9.91. The quantitative estimate of drug-likeness (QED) is 0.623. The molecule has 2 unspecified atom stereocenters. The van der Waals surface area contributed by atoms with Crippen LogP contribution in [0.5, 0.6) is 0 Å². The average molecular weight is 298 g/mol. The summed E-state index contributed by atoms with van der Waals surface area (Å²) in [6, 6.07) is 1.07. The predicted molar refractivity (Wildman–Crippen MR) is 71.9 cm³/mol. The second kappa shape index (κ2) is 5.75. The molecule has 114 valence electrons. The summed E-state index contributed by atoms with van der Waals surface area (Å²) in [6.45, 7) is 4.88. The number of halogens is 2. The third-order valence-corrected chi connectivity index (χ3v) is 3.62. The van der Waals surface area contributed by atoms with E-state index in [1.165, 1.54) is 4.90 Å². The molecule has 1 aliphatic rings. The van der Waals surface area contributed by atoms with Gasteiger partial charge in [-0.05, 0) is 24.3 Å². The van der Waals surface area contributed by atoms with Crippen molar-refractivity contribution in [2.24, 2.45) is 11.8 Å². The highest BCUT2D eigenvalue weighted by molar-refractivity contribution is 5.98. The van der Waals surface area contributed by atoms with Crippen molar-refractivity contribution in [1.29, 1.82) is 0 Å². The van der Waals surface area contributed by atoms with Crippen LogP contribution in [0.25, 0.3) is 0 Å². The third kappa shape index (κ3) is 3.17. The van der Waals surface area contributed by atoms with Gasteiger partial charge in [0, 0.05) is 13.1 Å². The van der Waals surface area contributed by atoms with Gasteiger partial charge in [-0.1, -0.05) is 13.8 Å². The standard InChI is InChI=1S/C14H16F2N2O3/c1-8-3-9(2)7-17(6-8)14(19)10-4-11(15)12(16)5-13(10)18(20)21/h4-5,8-9H,3,6-7H2,1-2H3. The molecule has 0 aliphatic carbocycles. The van der Waals surface area contributed by atoms with Gasteiger partial charge in [-0.2, -0.15) is 0 Å². The Balaban J connectivity index is 2.38. The van der Waals surface area contributed by atoms with Crippen molar-refractivity contribution >= 4 is 11.6 Å². The van der Waals surface area contributed by atoms with Gasteiger partial charge >= 0.3 is 0 Å². The lowest BCUT2D eigenvalue weighted by Gasteiger charge is -2.34. The van der Waals surface area contributed by atoms with E-state index >= 15 is 0 Å². The molecule has 1 saturated heterocycles. The van der Waals surface area contributed by atoms with E-state index in [9.17, 15) is 23.7 Å². The van der Waals surface area contributed by atoms with Gasteiger partial charge in [0.25, 0.3) is 11.6 Å². The summed E-state index contributed by atoms with van der Waals surface area (Å²) in [5.41, 5.74) is -1.11. The Kier molecular flexibility index (Phi) is 4.20. The van der Waals surface area contributed by atoms with Gasteiger partial charge in [0.1, 0.15) is 5.56 Å². The van der Waals surface area contributed by atoms with E-state index in [4.69, 9.17) is 0 Å². The smallest absolute Gasteiger partial charge is 0.285 e. The molecule has 0 radical (unpaired) electrons. The molecule has 0 aromatic heterocycles. The molecule has 1 fully saturated rings. The zero-order valence-corrected chi connectivity index (χ0v) is 11.8. The fourth-order valence-corrected chi connectivity index (χ4v) is 2.86. The first-order valence-corrected chi connectivity index (χ1v) is 6.72. The van der Waals surface area contributed by atoms with E-state index in [0.29, 0.717) is 25.2 Å². The fourth-order valence-electron chi connectivity index (χ4n) is 2.86. The number of carbonyl (C=O) groups is 1. The van der Waals surface area contributed by atoms with E-state index < -0.39 is 33.7 Å². The molecule has 0 bridgehead atoms. The highest BCUT2D eigenvalue weighted by atomic mass is 19.2. The maximum atomic E-state index is 13.3. The number of piperidine rings is 1. The third-order valence-electron chi connectivity index (χ3n) is 3.62. The van der Waals surface area contributed by atoms with Gasteiger partial charge in [-0.25, -0.2) is 8.78 Å². The highest BCUT2D eigenvalue weighted by Gasteiger charge is 2.31. The average Bonchev–Trinajstić information content (AvgIpc) is 2.39. The number of benzene rings is 1. The van der Waals surface area contributed by atoms with Gasteiger partial charge in [-0.3, -0.25) is 14.9 Å². The van der Waals surface area contributed by atoms with E-state index in [1.54, 1.807) is 0 Å². The van der Waals surface area contributed by atoms with Gasteiger partial charge in [0.15, 0.2) is 11.6 Å². The molecule has 0 spiro atoms. The van der Waals surface area contributed by atoms with Crippen molar-refractivity contribution in [2.75, 3.05) is 13.1 Å². The Morgan fingerprint density at radius 2 is 1.76 bits per heavy atom. The molecule has 1 aliphatic heterocycles. The predicted octanol–water partition coefficient (Wildman–Crippen LogP) is 2.99. The SMILES string of the molecule is CC1CC(C)CN(C(=O)c2cc(F)c(F)cc2[N+](=O)[O-])C1. The Morgan fingerprint density at radius 3 is 2.29 bits per heavy atom. The van der Waals surface area contributed by atoms with Crippen LogP contribution >= 0.6 is 0 Å².